The Balaban J connectivity index is 2.18. The third-order valence-electron chi connectivity index (χ3n) is 2.94. The minimum Gasteiger partial charge on any atom is -0.469 e. The van der Waals surface area contributed by atoms with Crippen molar-refractivity contribution in [1.29, 1.82) is 0 Å². The molecule has 2 rings (SSSR count). The average molecular weight is 209 g/mol. The Morgan fingerprint density at radius 3 is 3.13 bits per heavy atom. The van der Waals surface area contributed by atoms with Crippen LogP contribution in [0.2, 0.25) is 0 Å². The molecular weight excluding hydrogens is 194 g/mol. The molecule has 1 saturated heterocycles. The van der Waals surface area contributed by atoms with Gasteiger partial charge in [0.15, 0.2) is 0 Å². The Morgan fingerprint density at radius 2 is 2.53 bits per heavy atom. The van der Waals surface area contributed by atoms with Crippen LogP contribution < -0.4 is 0 Å². The Morgan fingerprint density at radius 1 is 1.73 bits per heavy atom. The molecule has 0 aliphatic carbocycles. The molecule has 0 radical (unpaired) electrons. The van der Waals surface area contributed by atoms with Gasteiger partial charge in [-0.25, -0.2) is 0 Å². The normalized spacial score (nSPS) is 20.9. The predicted octanol–water partition coefficient (Wildman–Crippen LogP) is 1.18. The zero-order valence-electron chi connectivity index (χ0n) is 8.77. The number of aliphatic hydroxyl groups excluding tert-OH is 1. The molecule has 0 unspecified atom stereocenters. The van der Waals surface area contributed by atoms with E-state index in [0.717, 1.165) is 19.4 Å². The number of aliphatic hydroxyl groups is 1. The zero-order chi connectivity index (χ0) is 10.8. The minimum atomic E-state index is -0.0298. The lowest BCUT2D eigenvalue weighted by atomic mass is 10.2. The SMILES string of the molecule is Cc1occc1C(=O)N1CCC[C@H]1CO. The van der Waals surface area contributed by atoms with Gasteiger partial charge in [-0.15, -0.1) is 0 Å². The number of nitrogens with zero attached hydrogens (tertiary/aromatic N) is 1. The van der Waals surface area contributed by atoms with Crippen LogP contribution in [0.15, 0.2) is 16.7 Å². The second kappa shape index (κ2) is 4.06. The van der Waals surface area contributed by atoms with Crippen molar-refractivity contribution in [2.24, 2.45) is 0 Å². The summed E-state index contributed by atoms with van der Waals surface area (Å²) >= 11 is 0. The fourth-order valence-corrected chi connectivity index (χ4v) is 2.05. The van der Waals surface area contributed by atoms with Crippen molar-refractivity contribution in [1.82, 2.24) is 4.90 Å². The highest BCUT2D eigenvalue weighted by Gasteiger charge is 2.29. The van der Waals surface area contributed by atoms with Gasteiger partial charge in [-0.2, -0.15) is 0 Å². The van der Waals surface area contributed by atoms with Crippen molar-refractivity contribution < 1.29 is 14.3 Å². The zero-order valence-corrected chi connectivity index (χ0v) is 8.77. The van der Waals surface area contributed by atoms with Crippen LogP contribution in [-0.4, -0.2) is 35.1 Å². The van der Waals surface area contributed by atoms with Crippen molar-refractivity contribution in [3.8, 4) is 0 Å². The van der Waals surface area contributed by atoms with Crippen LogP contribution in [-0.2, 0) is 0 Å². The van der Waals surface area contributed by atoms with Crippen molar-refractivity contribution in [2.75, 3.05) is 13.2 Å². The highest BCUT2D eigenvalue weighted by Crippen LogP contribution is 2.21. The lowest BCUT2D eigenvalue weighted by Gasteiger charge is -2.22. The van der Waals surface area contributed by atoms with E-state index in [-0.39, 0.29) is 18.6 Å². The fraction of sp³-hybridized carbons (Fsp3) is 0.545. The molecule has 1 atom stereocenters. The van der Waals surface area contributed by atoms with E-state index in [1.807, 2.05) is 0 Å². The first-order chi connectivity index (χ1) is 7.24. The summed E-state index contributed by atoms with van der Waals surface area (Å²) in [6, 6.07) is 1.66. The number of carbonyl (C=O) groups is 1. The monoisotopic (exact) mass is 209 g/mol. The smallest absolute Gasteiger partial charge is 0.257 e. The van der Waals surface area contributed by atoms with Crippen molar-refractivity contribution in [3.63, 3.8) is 0 Å². The number of furan rings is 1. The summed E-state index contributed by atoms with van der Waals surface area (Å²) in [4.78, 5) is 13.8. The molecule has 0 bridgehead atoms. The van der Waals surface area contributed by atoms with Gasteiger partial charge in [0.05, 0.1) is 24.5 Å². The summed E-state index contributed by atoms with van der Waals surface area (Å²) in [6.07, 6.45) is 3.37. The van der Waals surface area contributed by atoms with E-state index in [9.17, 15) is 4.79 Å². The average Bonchev–Trinajstić information content (AvgIpc) is 2.84. The molecule has 0 spiro atoms. The summed E-state index contributed by atoms with van der Waals surface area (Å²) in [5.41, 5.74) is 0.607. The van der Waals surface area contributed by atoms with Crippen molar-refractivity contribution >= 4 is 5.91 Å². The van der Waals surface area contributed by atoms with Gasteiger partial charge >= 0.3 is 0 Å². The van der Waals surface area contributed by atoms with Gasteiger partial charge in [0.2, 0.25) is 0 Å². The Bertz CT molecular complexity index is 358. The second-order valence-electron chi connectivity index (χ2n) is 3.87. The first kappa shape index (κ1) is 10.2. The molecular formula is C11H15NO3. The molecule has 1 aromatic heterocycles. The Kier molecular flexibility index (Phi) is 2.77. The van der Waals surface area contributed by atoms with Crippen molar-refractivity contribution in [3.05, 3.63) is 23.7 Å². The number of hydrogen-bond acceptors (Lipinski definition) is 3. The molecule has 1 aliphatic rings. The lowest BCUT2D eigenvalue weighted by Crippen LogP contribution is -2.37. The van der Waals surface area contributed by atoms with E-state index >= 15 is 0 Å². The van der Waals surface area contributed by atoms with Crippen LogP contribution in [0, 0.1) is 6.92 Å². The van der Waals surface area contributed by atoms with E-state index in [0.29, 0.717) is 11.3 Å². The molecule has 15 heavy (non-hydrogen) atoms. The second-order valence-corrected chi connectivity index (χ2v) is 3.87. The molecule has 1 amide bonds. The summed E-state index contributed by atoms with van der Waals surface area (Å²) in [7, 11) is 0. The van der Waals surface area contributed by atoms with Gasteiger partial charge in [-0.1, -0.05) is 0 Å². The molecule has 1 fully saturated rings. The molecule has 0 aromatic carbocycles. The predicted molar refractivity (Wildman–Crippen MR) is 54.6 cm³/mol. The maximum absolute atomic E-state index is 12.1. The summed E-state index contributed by atoms with van der Waals surface area (Å²) < 4.78 is 5.10. The molecule has 0 saturated carbocycles. The van der Waals surface area contributed by atoms with E-state index in [1.54, 1.807) is 17.9 Å². The molecule has 4 heteroatoms. The van der Waals surface area contributed by atoms with Gasteiger partial charge in [-0.05, 0) is 25.8 Å². The number of carbonyl (C=O) groups excluding carboxylic acids is 1. The van der Waals surface area contributed by atoms with Crippen LogP contribution in [0.4, 0.5) is 0 Å². The molecule has 2 heterocycles. The summed E-state index contributed by atoms with van der Waals surface area (Å²) in [5, 5.41) is 9.13. The highest BCUT2D eigenvalue weighted by molar-refractivity contribution is 5.95. The number of hydrogen-bond donors (Lipinski definition) is 1. The largest absolute Gasteiger partial charge is 0.469 e. The molecule has 1 N–H and O–H groups in total. The van der Waals surface area contributed by atoms with Crippen LogP contribution in [0.5, 0.6) is 0 Å². The number of likely N-dealkylation sites (tertiary alicyclic amines) is 1. The minimum absolute atomic E-state index is 0.0215. The van der Waals surface area contributed by atoms with Crippen LogP contribution in [0.1, 0.15) is 29.0 Å². The summed E-state index contributed by atoms with van der Waals surface area (Å²) in [5.74, 6) is 0.612. The maximum atomic E-state index is 12.1. The molecule has 1 aliphatic heterocycles. The van der Waals surface area contributed by atoms with Crippen molar-refractivity contribution in [2.45, 2.75) is 25.8 Å². The van der Waals surface area contributed by atoms with Gasteiger partial charge in [0, 0.05) is 6.54 Å². The number of rotatable bonds is 2. The van der Waals surface area contributed by atoms with Gasteiger partial charge in [0.25, 0.3) is 5.91 Å². The first-order valence-corrected chi connectivity index (χ1v) is 5.20. The molecule has 82 valence electrons. The third-order valence-corrected chi connectivity index (χ3v) is 2.94. The van der Waals surface area contributed by atoms with Crippen LogP contribution in [0.25, 0.3) is 0 Å². The molecule has 1 aromatic rings. The van der Waals surface area contributed by atoms with E-state index in [4.69, 9.17) is 9.52 Å². The quantitative estimate of drug-likeness (QED) is 0.795. The number of amides is 1. The number of aryl methyl sites for hydroxylation is 1. The van der Waals surface area contributed by atoms with Gasteiger partial charge in [-0.3, -0.25) is 4.79 Å². The summed E-state index contributed by atoms with van der Waals surface area (Å²) in [6.45, 7) is 2.55. The third kappa shape index (κ3) is 1.77. The maximum Gasteiger partial charge on any atom is 0.257 e. The van der Waals surface area contributed by atoms with Crippen LogP contribution in [0.3, 0.4) is 0 Å². The van der Waals surface area contributed by atoms with Gasteiger partial charge in [0.1, 0.15) is 5.76 Å². The van der Waals surface area contributed by atoms with E-state index < -0.39 is 0 Å². The van der Waals surface area contributed by atoms with Crippen LogP contribution >= 0.6 is 0 Å². The highest BCUT2D eigenvalue weighted by atomic mass is 16.3. The van der Waals surface area contributed by atoms with E-state index in [1.165, 1.54) is 6.26 Å². The topological polar surface area (TPSA) is 53.7 Å². The standard InChI is InChI=1S/C11H15NO3/c1-8-10(4-6-15-8)11(14)12-5-2-3-9(12)7-13/h4,6,9,13H,2-3,5,7H2,1H3/t9-/m0/s1. The van der Waals surface area contributed by atoms with E-state index in [2.05, 4.69) is 0 Å². The Hall–Kier alpha value is -1.29. The first-order valence-electron chi connectivity index (χ1n) is 5.20. The Labute approximate surface area is 88.5 Å². The molecule has 4 nitrogen and oxygen atoms in total. The van der Waals surface area contributed by atoms with Gasteiger partial charge < -0.3 is 14.4 Å². The fourth-order valence-electron chi connectivity index (χ4n) is 2.05. The lowest BCUT2D eigenvalue weighted by molar-refractivity contribution is 0.0676.